The third kappa shape index (κ3) is 4.57. The normalized spacial score (nSPS) is 29.2. The Bertz CT molecular complexity index is 397. The Hall–Kier alpha value is 0.140. The average Bonchev–Trinajstić information content (AvgIpc) is 2.34. The fraction of sp³-hybridized carbons (Fsp3) is 0.625. The Morgan fingerprint density at radius 2 is 1.89 bits per heavy atom. The SMILES string of the molecule is CC1CC(C)CC(OC(CBr)c2cccc(Br)c2)C1. The molecule has 3 atom stereocenters. The summed E-state index contributed by atoms with van der Waals surface area (Å²) in [6.45, 7) is 4.68. The zero-order chi connectivity index (χ0) is 13.8. The molecule has 106 valence electrons. The molecule has 1 aliphatic carbocycles. The van der Waals surface area contributed by atoms with Gasteiger partial charge in [0.05, 0.1) is 12.2 Å². The minimum atomic E-state index is 0.153. The van der Waals surface area contributed by atoms with Crippen LogP contribution in [-0.2, 0) is 4.74 Å². The molecule has 3 heteroatoms. The first-order valence-corrected chi connectivity index (χ1v) is 8.96. The zero-order valence-electron chi connectivity index (χ0n) is 11.6. The number of benzene rings is 1. The smallest absolute Gasteiger partial charge is 0.0925 e. The predicted octanol–water partition coefficient (Wildman–Crippen LogP) is 5.73. The number of ether oxygens (including phenoxy) is 1. The summed E-state index contributed by atoms with van der Waals surface area (Å²) in [5.74, 6) is 1.57. The van der Waals surface area contributed by atoms with Crippen molar-refractivity contribution in [2.75, 3.05) is 5.33 Å². The van der Waals surface area contributed by atoms with Gasteiger partial charge in [-0.3, -0.25) is 0 Å². The van der Waals surface area contributed by atoms with Crippen molar-refractivity contribution in [2.24, 2.45) is 11.8 Å². The van der Waals surface area contributed by atoms with E-state index < -0.39 is 0 Å². The highest BCUT2D eigenvalue weighted by Crippen LogP contribution is 2.34. The highest BCUT2D eigenvalue weighted by atomic mass is 79.9. The summed E-state index contributed by atoms with van der Waals surface area (Å²) >= 11 is 7.13. The topological polar surface area (TPSA) is 9.23 Å². The molecule has 0 saturated heterocycles. The molecule has 0 aliphatic heterocycles. The molecule has 2 rings (SSSR count). The van der Waals surface area contributed by atoms with Gasteiger partial charge in [0.15, 0.2) is 0 Å². The van der Waals surface area contributed by atoms with Crippen molar-refractivity contribution in [3.63, 3.8) is 0 Å². The van der Waals surface area contributed by atoms with E-state index in [2.05, 4.69) is 70.0 Å². The van der Waals surface area contributed by atoms with Gasteiger partial charge in [0.2, 0.25) is 0 Å². The summed E-state index contributed by atoms with van der Waals surface area (Å²) in [5.41, 5.74) is 1.25. The fourth-order valence-corrected chi connectivity index (χ4v) is 4.07. The second-order valence-electron chi connectivity index (χ2n) is 5.87. The summed E-state index contributed by atoms with van der Waals surface area (Å²) in [6.07, 6.45) is 4.29. The Balaban J connectivity index is 2.02. The van der Waals surface area contributed by atoms with Crippen LogP contribution in [0.2, 0.25) is 0 Å². The van der Waals surface area contributed by atoms with E-state index in [1.807, 2.05) is 0 Å². The van der Waals surface area contributed by atoms with E-state index in [1.165, 1.54) is 24.8 Å². The Kier molecular flexibility index (Phi) is 5.91. The molecule has 0 radical (unpaired) electrons. The molecule has 1 aromatic carbocycles. The first-order chi connectivity index (χ1) is 9.08. The molecule has 0 amide bonds. The molecule has 1 aromatic rings. The van der Waals surface area contributed by atoms with E-state index in [1.54, 1.807) is 0 Å². The average molecular weight is 390 g/mol. The Morgan fingerprint density at radius 1 is 1.21 bits per heavy atom. The summed E-state index contributed by atoms with van der Waals surface area (Å²) in [5, 5.41) is 0.850. The van der Waals surface area contributed by atoms with E-state index in [9.17, 15) is 0 Å². The van der Waals surface area contributed by atoms with Gasteiger partial charge in [-0.05, 0) is 48.8 Å². The van der Waals surface area contributed by atoms with Crippen molar-refractivity contribution in [2.45, 2.75) is 45.3 Å². The van der Waals surface area contributed by atoms with Gasteiger partial charge in [-0.15, -0.1) is 0 Å². The van der Waals surface area contributed by atoms with Crippen LogP contribution in [0.25, 0.3) is 0 Å². The summed E-state index contributed by atoms with van der Waals surface area (Å²) in [6, 6.07) is 8.43. The maximum Gasteiger partial charge on any atom is 0.0925 e. The van der Waals surface area contributed by atoms with Gasteiger partial charge >= 0.3 is 0 Å². The van der Waals surface area contributed by atoms with Gasteiger partial charge in [0.25, 0.3) is 0 Å². The maximum absolute atomic E-state index is 6.35. The van der Waals surface area contributed by atoms with Crippen molar-refractivity contribution in [1.82, 2.24) is 0 Å². The monoisotopic (exact) mass is 388 g/mol. The van der Waals surface area contributed by atoms with Crippen LogP contribution in [0, 0.1) is 11.8 Å². The summed E-state index contributed by atoms with van der Waals surface area (Å²) in [4.78, 5) is 0. The number of hydrogen-bond acceptors (Lipinski definition) is 1. The zero-order valence-corrected chi connectivity index (χ0v) is 14.8. The predicted molar refractivity (Wildman–Crippen MR) is 87.7 cm³/mol. The van der Waals surface area contributed by atoms with Crippen LogP contribution < -0.4 is 0 Å². The van der Waals surface area contributed by atoms with E-state index >= 15 is 0 Å². The summed E-state index contributed by atoms with van der Waals surface area (Å²) in [7, 11) is 0. The van der Waals surface area contributed by atoms with Crippen LogP contribution in [0.5, 0.6) is 0 Å². The lowest BCUT2D eigenvalue weighted by molar-refractivity contribution is -0.0401. The van der Waals surface area contributed by atoms with Crippen LogP contribution in [0.15, 0.2) is 28.7 Å². The van der Waals surface area contributed by atoms with Gasteiger partial charge in [-0.1, -0.05) is 57.8 Å². The van der Waals surface area contributed by atoms with E-state index in [4.69, 9.17) is 4.74 Å². The number of alkyl halides is 1. The van der Waals surface area contributed by atoms with Crippen molar-refractivity contribution in [1.29, 1.82) is 0 Å². The van der Waals surface area contributed by atoms with Crippen LogP contribution in [-0.4, -0.2) is 11.4 Å². The highest BCUT2D eigenvalue weighted by molar-refractivity contribution is 9.10. The van der Waals surface area contributed by atoms with Gasteiger partial charge in [-0.2, -0.15) is 0 Å². The third-order valence-electron chi connectivity index (χ3n) is 3.85. The van der Waals surface area contributed by atoms with Crippen LogP contribution in [0.3, 0.4) is 0 Å². The Labute approximate surface area is 133 Å². The molecular weight excluding hydrogens is 368 g/mol. The lowest BCUT2D eigenvalue weighted by atomic mass is 9.81. The highest BCUT2D eigenvalue weighted by Gasteiger charge is 2.27. The molecule has 0 heterocycles. The van der Waals surface area contributed by atoms with Crippen molar-refractivity contribution >= 4 is 31.9 Å². The van der Waals surface area contributed by atoms with Crippen molar-refractivity contribution in [3.8, 4) is 0 Å². The number of hydrogen-bond donors (Lipinski definition) is 0. The molecule has 1 fully saturated rings. The minimum absolute atomic E-state index is 0.153. The second kappa shape index (κ2) is 7.24. The first kappa shape index (κ1) is 15.5. The minimum Gasteiger partial charge on any atom is -0.369 e. The lowest BCUT2D eigenvalue weighted by Crippen LogP contribution is -2.28. The molecule has 0 aromatic heterocycles. The number of halogens is 2. The number of rotatable bonds is 4. The lowest BCUT2D eigenvalue weighted by Gasteiger charge is -2.33. The second-order valence-corrected chi connectivity index (χ2v) is 7.44. The van der Waals surface area contributed by atoms with Gasteiger partial charge in [0, 0.05) is 9.80 Å². The van der Waals surface area contributed by atoms with Gasteiger partial charge in [-0.25, -0.2) is 0 Å². The molecule has 19 heavy (non-hydrogen) atoms. The maximum atomic E-state index is 6.35. The van der Waals surface area contributed by atoms with Gasteiger partial charge < -0.3 is 4.74 Å². The van der Waals surface area contributed by atoms with Crippen LogP contribution in [0.4, 0.5) is 0 Å². The molecule has 1 nitrogen and oxygen atoms in total. The molecule has 0 N–H and O–H groups in total. The van der Waals surface area contributed by atoms with Crippen molar-refractivity contribution in [3.05, 3.63) is 34.3 Å². The molecule has 3 unspecified atom stereocenters. The van der Waals surface area contributed by atoms with Crippen LogP contribution >= 0.6 is 31.9 Å². The molecule has 0 bridgehead atoms. The van der Waals surface area contributed by atoms with Crippen LogP contribution in [0.1, 0.15) is 44.8 Å². The molecule has 1 saturated carbocycles. The third-order valence-corrected chi connectivity index (χ3v) is 4.93. The quantitative estimate of drug-likeness (QED) is 0.597. The largest absolute Gasteiger partial charge is 0.369 e. The molecular formula is C16H22Br2O. The standard InChI is InChI=1S/C16H22Br2O/c1-11-6-12(2)8-15(7-11)19-16(10-17)13-4-3-5-14(18)9-13/h3-5,9,11-12,15-16H,6-8,10H2,1-2H3. The van der Waals surface area contributed by atoms with Gasteiger partial charge in [0.1, 0.15) is 0 Å². The fourth-order valence-electron chi connectivity index (χ4n) is 3.13. The Morgan fingerprint density at radius 3 is 2.47 bits per heavy atom. The van der Waals surface area contributed by atoms with E-state index in [-0.39, 0.29) is 6.10 Å². The summed E-state index contributed by atoms with van der Waals surface area (Å²) < 4.78 is 7.47. The molecule has 1 aliphatic rings. The van der Waals surface area contributed by atoms with Crippen molar-refractivity contribution < 1.29 is 4.74 Å². The first-order valence-electron chi connectivity index (χ1n) is 7.05. The van der Waals surface area contributed by atoms with E-state index in [0.29, 0.717) is 6.10 Å². The molecule has 0 spiro atoms. The van der Waals surface area contributed by atoms with E-state index in [0.717, 1.165) is 21.6 Å².